The van der Waals surface area contributed by atoms with Crippen LogP contribution in [0.2, 0.25) is 0 Å². The van der Waals surface area contributed by atoms with E-state index >= 15 is 0 Å². The highest BCUT2D eigenvalue weighted by atomic mass is 15.2. The number of anilines is 2. The fourth-order valence-electron chi connectivity index (χ4n) is 2.63. The molecule has 1 aliphatic rings. The molecule has 1 aliphatic heterocycles. The van der Waals surface area contributed by atoms with Crippen LogP contribution in [0.15, 0.2) is 12.3 Å². The van der Waals surface area contributed by atoms with E-state index in [0.717, 1.165) is 24.7 Å². The van der Waals surface area contributed by atoms with Crippen LogP contribution < -0.4 is 10.2 Å². The minimum atomic E-state index is 0.415. The summed E-state index contributed by atoms with van der Waals surface area (Å²) in [5, 5.41) is 3.35. The summed E-state index contributed by atoms with van der Waals surface area (Å²) in [6.07, 6.45) is 8.04. The number of nitrogens with zero attached hydrogens (tertiary/aromatic N) is 3. The summed E-state index contributed by atoms with van der Waals surface area (Å²) >= 11 is 0. The van der Waals surface area contributed by atoms with Crippen LogP contribution in [0, 0.1) is 0 Å². The summed E-state index contributed by atoms with van der Waals surface area (Å²) in [4.78, 5) is 11.5. The highest BCUT2D eigenvalue weighted by Gasteiger charge is 2.22. The SMILES string of the molecule is CCC(C)Nc1nccc(N2CCCCC2CC)n1. The molecule has 1 saturated heterocycles. The summed E-state index contributed by atoms with van der Waals surface area (Å²) in [5.74, 6) is 1.83. The van der Waals surface area contributed by atoms with Gasteiger partial charge in [0.1, 0.15) is 5.82 Å². The molecule has 0 spiro atoms. The molecule has 1 aromatic heterocycles. The zero-order valence-electron chi connectivity index (χ0n) is 12.4. The number of aromatic nitrogens is 2. The van der Waals surface area contributed by atoms with Gasteiger partial charge in [-0.05, 0) is 45.1 Å². The molecule has 106 valence electrons. The van der Waals surface area contributed by atoms with E-state index < -0.39 is 0 Å². The van der Waals surface area contributed by atoms with Gasteiger partial charge >= 0.3 is 0 Å². The lowest BCUT2D eigenvalue weighted by molar-refractivity contribution is 0.446. The third kappa shape index (κ3) is 3.58. The molecule has 0 saturated carbocycles. The van der Waals surface area contributed by atoms with Crippen molar-refractivity contribution in [2.45, 2.75) is 65.0 Å². The van der Waals surface area contributed by atoms with Crippen molar-refractivity contribution < 1.29 is 0 Å². The minimum absolute atomic E-state index is 0.415. The van der Waals surface area contributed by atoms with Crippen molar-refractivity contribution >= 4 is 11.8 Å². The van der Waals surface area contributed by atoms with Gasteiger partial charge in [0, 0.05) is 24.8 Å². The lowest BCUT2D eigenvalue weighted by atomic mass is 10.0. The summed E-state index contributed by atoms with van der Waals surface area (Å²) in [7, 11) is 0. The summed E-state index contributed by atoms with van der Waals surface area (Å²) in [6.45, 7) is 7.71. The molecule has 4 heteroatoms. The van der Waals surface area contributed by atoms with Gasteiger partial charge in [-0.3, -0.25) is 0 Å². The Kier molecular flexibility index (Phi) is 5.00. The van der Waals surface area contributed by atoms with E-state index in [1.807, 2.05) is 12.3 Å². The zero-order valence-corrected chi connectivity index (χ0v) is 12.4. The Bertz CT molecular complexity index is 393. The van der Waals surface area contributed by atoms with E-state index in [1.54, 1.807) is 0 Å². The lowest BCUT2D eigenvalue weighted by Crippen LogP contribution is -2.39. The molecule has 1 N–H and O–H groups in total. The maximum absolute atomic E-state index is 4.69. The van der Waals surface area contributed by atoms with Gasteiger partial charge in [-0.25, -0.2) is 4.98 Å². The van der Waals surface area contributed by atoms with Crippen LogP contribution in [0.25, 0.3) is 0 Å². The maximum Gasteiger partial charge on any atom is 0.224 e. The molecule has 1 aromatic rings. The number of hydrogen-bond acceptors (Lipinski definition) is 4. The van der Waals surface area contributed by atoms with Crippen LogP contribution in [0.1, 0.15) is 52.9 Å². The van der Waals surface area contributed by atoms with Crippen molar-refractivity contribution in [1.82, 2.24) is 9.97 Å². The second kappa shape index (κ2) is 6.73. The van der Waals surface area contributed by atoms with E-state index in [0.29, 0.717) is 12.1 Å². The first-order chi connectivity index (χ1) is 9.24. The number of piperidine rings is 1. The first-order valence-electron chi connectivity index (χ1n) is 7.60. The number of rotatable bonds is 5. The molecule has 2 atom stereocenters. The van der Waals surface area contributed by atoms with Crippen LogP contribution >= 0.6 is 0 Å². The smallest absolute Gasteiger partial charge is 0.224 e. The Labute approximate surface area is 116 Å². The molecule has 0 radical (unpaired) electrons. The molecule has 0 bridgehead atoms. The Morgan fingerprint density at radius 2 is 2.26 bits per heavy atom. The number of nitrogens with one attached hydrogen (secondary N) is 1. The van der Waals surface area contributed by atoms with Gasteiger partial charge in [-0.15, -0.1) is 0 Å². The van der Waals surface area contributed by atoms with Gasteiger partial charge in [0.2, 0.25) is 5.95 Å². The summed E-state index contributed by atoms with van der Waals surface area (Å²) in [6, 6.07) is 3.09. The normalized spacial score (nSPS) is 21.2. The third-order valence-electron chi connectivity index (χ3n) is 4.02. The van der Waals surface area contributed by atoms with Crippen molar-refractivity contribution in [2.75, 3.05) is 16.8 Å². The van der Waals surface area contributed by atoms with E-state index in [-0.39, 0.29) is 0 Å². The van der Waals surface area contributed by atoms with E-state index in [2.05, 4.69) is 41.0 Å². The van der Waals surface area contributed by atoms with Gasteiger partial charge in [0.15, 0.2) is 0 Å². The number of hydrogen-bond donors (Lipinski definition) is 1. The van der Waals surface area contributed by atoms with Crippen LogP contribution in [0.4, 0.5) is 11.8 Å². The monoisotopic (exact) mass is 262 g/mol. The average Bonchev–Trinajstić information content (AvgIpc) is 2.47. The second-order valence-electron chi connectivity index (χ2n) is 5.44. The molecule has 2 unspecified atom stereocenters. The minimum Gasteiger partial charge on any atom is -0.353 e. The molecular formula is C15H26N4. The average molecular weight is 262 g/mol. The molecular weight excluding hydrogens is 236 g/mol. The standard InChI is InChI=1S/C15H26N4/c1-4-12(3)17-15-16-10-9-14(18-15)19-11-7-6-8-13(19)5-2/h9-10,12-13H,4-8,11H2,1-3H3,(H,16,17,18). The van der Waals surface area contributed by atoms with Crippen molar-refractivity contribution in [3.05, 3.63) is 12.3 Å². The van der Waals surface area contributed by atoms with Gasteiger partial charge in [-0.2, -0.15) is 4.98 Å². The highest BCUT2D eigenvalue weighted by Crippen LogP contribution is 2.25. The molecule has 4 nitrogen and oxygen atoms in total. The predicted octanol–water partition coefficient (Wildman–Crippen LogP) is 3.46. The fraction of sp³-hybridized carbons (Fsp3) is 0.733. The van der Waals surface area contributed by atoms with E-state index in [1.165, 1.54) is 25.7 Å². The molecule has 2 rings (SSSR count). The quantitative estimate of drug-likeness (QED) is 0.882. The Morgan fingerprint density at radius 3 is 3.00 bits per heavy atom. The van der Waals surface area contributed by atoms with E-state index in [9.17, 15) is 0 Å². The zero-order chi connectivity index (χ0) is 13.7. The maximum atomic E-state index is 4.69. The molecule has 2 heterocycles. The molecule has 0 amide bonds. The molecule has 19 heavy (non-hydrogen) atoms. The van der Waals surface area contributed by atoms with Crippen molar-refractivity contribution in [3.63, 3.8) is 0 Å². The van der Waals surface area contributed by atoms with Crippen LogP contribution in [0.5, 0.6) is 0 Å². The molecule has 1 fully saturated rings. The first-order valence-corrected chi connectivity index (χ1v) is 7.60. The van der Waals surface area contributed by atoms with Crippen molar-refractivity contribution in [1.29, 1.82) is 0 Å². The third-order valence-corrected chi connectivity index (χ3v) is 4.02. The van der Waals surface area contributed by atoms with Gasteiger partial charge in [0.25, 0.3) is 0 Å². The van der Waals surface area contributed by atoms with Gasteiger partial charge in [0.05, 0.1) is 0 Å². The van der Waals surface area contributed by atoms with Gasteiger partial charge < -0.3 is 10.2 Å². The topological polar surface area (TPSA) is 41.1 Å². The van der Waals surface area contributed by atoms with Crippen LogP contribution in [0.3, 0.4) is 0 Å². The summed E-state index contributed by atoms with van der Waals surface area (Å²) in [5.41, 5.74) is 0. The Hall–Kier alpha value is -1.32. The predicted molar refractivity (Wildman–Crippen MR) is 80.7 cm³/mol. The Balaban J connectivity index is 2.12. The molecule has 0 aromatic carbocycles. The molecule has 0 aliphatic carbocycles. The highest BCUT2D eigenvalue weighted by molar-refractivity contribution is 5.44. The second-order valence-corrected chi connectivity index (χ2v) is 5.44. The van der Waals surface area contributed by atoms with E-state index in [4.69, 9.17) is 0 Å². The van der Waals surface area contributed by atoms with Crippen LogP contribution in [-0.2, 0) is 0 Å². The largest absolute Gasteiger partial charge is 0.353 e. The first kappa shape index (κ1) is 14.1. The summed E-state index contributed by atoms with van der Waals surface area (Å²) < 4.78 is 0. The van der Waals surface area contributed by atoms with Gasteiger partial charge in [-0.1, -0.05) is 13.8 Å². The fourth-order valence-corrected chi connectivity index (χ4v) is 2.63. The van der Waals surface area contributed by atoms with Crippen LogP contribution in [-0.4, -0.2) is 28.6 Å². The Morgan fingerprint density at radius 1 is 1.42 bits per heavy atom. The lowest BCUT2D eigenvalue weighted by Gasteiger charge is -2.36. The van der Waals surface area contributed by atoms with Crippen molar-refractivity contribution in [3.8, 4) is 0 Å². The van der Waals surface area contributed by atoms with Crippen molar-refractivity contribution in [2.24, 2.45) is 0 Å².